The third-order valence-corrected chi connectivity index (χ3v) is 7.49. The number of aromatic amines is 1. The van der Waals surface area contributed by atoms with Crippen molar-refractivity contribution in [2.45, 2.75) is 13.1 Å². The zero-order chi connectivity index (χ0) is 25.2. The highest BCUT2D eigenvalue weighted by Gasteiger charge is 2.56. The molecule has 9 heteroatoms. The molecule has 1 amide bonds. The van der Waals surface area contributed by atoms with Gasteiger partial charge < -0.3 is 9.80 Å². The largest absolute Gasteiger partial charge is 0.352 e. The number of benzene rings is 2. The van der Waals surface area contributed by atoms with Gasteiger partial charge in [-0.3, -0.25) is 9.89 Å². The van der Waals surface area contributed by atoms with Crippen molar-refractivity contribution in [2.24, 2.45) is 5.41 Å². The molecule has 0 radical (unpaired) electrons. The first-order valence-electron chi connectivity index (χ1n) is 11.6. The number of nitriles is 1. The van der Waals surface area contributed by atoms with Crippen LogP contribution >= 0.6 is 0 Å². The van der Waals surface area contributed by atoms with E-state index < -0.39 is 17.4 Å². The number of hydrogen-bond acceptors (Lipinski definition) is 5. The number of carbonyl (C=O) groups excluding carboxylic acids is 1. The average Bonchev–Trinajstić information content (AvgIpc) is 3.46. The van der Waals surface area contributed by atoms with Gasteiger partial charge in [0.05, 0.1) is 23.7 Å². The average molecular weight is 485 g/mol. The monoisotopic (exact) mass is 484 g/mol. The molecule has 7 nitrogen and oxygen atoms in total. The zero-order valence-corrected chi connectivity index (χ0v) is 19.6. The fourth-order valence-electron chi connectivity index (χ4n) is 5.68. The predicted molar refractivity (Wildman–Crippen MR) is 133 cm³/mol. The van der Waals surface area contributed by atoms with Crippen molar-refractivity contribution in [1.29, 1.82) is 5.26 Å². The Morgan fingerprint density at radius 1 is 1.25 bits per heavy atom. The van der Waals surface area contributed by atoms with Crippen molar-refractivity contribution in [1.82, 2.24) is 20.1 Å². The summed E-state index contributed by atoms with van der Waals surface area (Å²) >= 11 is 0. The Hall–Kier alpha value is -4.32. The number of aromatic nitrogens is 3. The van der Waals surface area contributed by atoms with Gasteiger partial charge in [0, 0.05) is 36.0 Å². The number of amides is 1. The molecule has 2 aromatic heterocycles. The summed E-state index contributed by atoms with van der Waals surface area (Å²) in [5.41, 5.74) is 2.61. The van der Waals surface area contributed by atoms with Crippen LogP contribution in [-0.4, -0.2) is 58.3 Å². The summed E-state index contributed by atoms with van der Waals surface area (Å²) in [7, 11) is 0. The van der Waals surface area contributed by atoms with Gasteiger partial charge in [-0.25, -0.2) is 13.8 Å². The number of anilines is 1. The highest BCUT2D eigenvalue weighted by atomic mass is 19.1. The number of aryl methyl sites for hydroxylation is 1. The minimum absolute atomic E-state index is 0.00604. The Kier molecular flexibility index (Phi) is 4.83. The second kappa shape index (κ2) is 7.85. The maximum Gasteiger partial charge on any atom is 0.245 e. The maximum atomic E-state index is 15.4. The number of nitrogens with one attached hydrogen (secondary N) is 1. The van der Waals surface area contributed by atoms with E-state index in [1.165, 1.54) is 12.1 Å². The third kappa shape index (κ3) is 3.04. The van der Waals surface area contributed by atoms with E-state index in [1.54, 1.807) is 28.1 Å². The van der Waals surface area contributed by atoms with Crippen LogP contribution in [0.5, 0.6) is 0 Å². The lowest BCUT2D eigenvalue weighted by Crippen LogP contribution is -2.62. The van der Waals surface area contributed by atoms with Crippen LogP contribution in [0.1, 0.15) is 11.1 Å². The molecule has 36 heavy (non-hydrogen) atoms. The first-order chi connectivity index (χ1) is 17.4. The van der Waals surface area contributed by atoms with Crippen LogP contribution in [0.25, 0.3) is 32.9 Å². The van der Waals surface area contributed by atoms with E-state index in [4.69, 9.17) is 0 Å². The van der Waals surface area contributed by atoms with Crippen molar-refractivity contribution in [3.8, 4) is 17.2 Å². The van der Waals surface area contributed by atoms with Gasteiger partial charge in [0.2, 0.25) is 5.91 Å². The summed E-state index contributed by atoms with van der Waals surface area (Å²) in [5.74, 6) is -0.507. The summed E-state index contributed by atoms with van der Waals surface area (Å²) < 4.78 is 30.5. The van der Waals surface area contributed by atoms with E-state index in [0.717, 1.165) is 22.0 Å². The van der Waals surface area contributed by atoms with E-state index in [-0.39, 0.29) is 49.0 Å². The van der Waals surface area contributed by atoms with E-state index >= 15 is 8.78 Å². The summed E-state index contributed by atoms with van der Waals surface area (Å²) in [4.78, 5) is 19.8. The molecule has 4 heterocycles. The number of halogens is 2. The van der Waals surface area contributed by atoms with Crippen LogP contribution in [0.15, 0.2) is 49.2 Å². The predicted octanol–water partition coefficient (Wildman–Crippen LogP) is 4.27. The molecule has 2 fully saturated rings. The van der Waals surface area contributed by atoms with Crippen molar-refractivity contribution in [3.05, 3.63) is 66.1 Å². The number of H-pyrrole nitrogens is 1. The highest BCUT2D eigenvalue weighted by molar-refractivity contribution is 6.08. The summed E-state index contributed by atoms with van der Waals surface area (Å²) in [6, 6.07) is 10.8. The number of carbonyl (C=O) groups is 1. The number of likely N-dealkylation sites (tertiary alicyclic amines) is 1. The van der Waals surface area contributed by atoms with Gasteiger partial charge in [0.15, 0.2) is 0 Å². The van der Waals surface area contributed by atoms with Crippen LogP contribution in [0.2, 0.25) is 0 Å². The van der Waals surface area contributed by atoms with Crippen molar-refractivity contribution in [3.63, 3.8) is 0 Å². The Morgan fingerprint density at radius 2 is 2.06 bits per heavy atom. The van der Waals surface area contributed by atoms with Gasteiger partial charge in [-0.05, 0) is 36.3 Å². The Balaban J connectivity index is 1.55. The Morgan fingerprint density at radius 3 is 2.81 bits per heavy atom. The minimum Gasteiger partial charge on any atom is -0.352 e. The molecule has 1 spiro atoms. The van der Waals surface area contributed by atoms with Crippen LogP contribution in [-0.2, 0) is 4.79 Å². The van der Waals surface area contributed by atoms with Crippen LogP contribution < -0.4 is 4.90 Å². The topological polar surface area (TPSA) is 88.9 Å². The van der Waals surface area contributed by atoms with Gasteiger partial charge in [-0.15, -0.1) is 0 Å². The summed E-state index contributed by atoms with van der Waals surface area (Å²) in [6.07, 6.45) is 1.68. The quantitative estimate of drug-likeness (QED) is 0.439. The standard InChI is InChI=1S/C27H22F2N6O/c1-3-22(36)35-13-27(14-35)12-34(11-21(27)29)26-17(9-30)24(16-5-4-6-19(28)25(16)32-26)23-15(2)7-8-20-18(23)10-31-33-20/h3-8,10,21H,1,11-14H2,2H3,(H,31,33). The van der Waals surface area contributed by atoms with Crippen LogP contribution in [0.4, 0.5) is 14.6 Å². The summed E-state index contributed by atoms with van der Waals surface area (Å²) in [6.45, 7) is 6.23. The molecule has 4 aromatic rings. The highest BCUT2D eigenvalue weighted by Crippen LogP contribution is 2.46. The van der Waals surface area contributed by atoms with Gasteiger partial charge in [0.1, 0.15) is 35.0 Å². The van der Waals surface area contributed by atoms with Gasteiger partial charge >= 0.3 is 0 Å². The molecule has 0 bridgehead atoms. The molecule has 1 unspecified atom stereocenters. The van der Waals surface area contributed by atoms with E-state index in [2.05, 4.69) is 27.8 Å². The van der Waals surface area contributed by atoms with Crippen molar-refractivity contribution in [2.75, 3.05) is 31.1 Å². The molecule has 2 aromatic carbocycles. The second-order valence-corrected chi connectivity index (χ2v) is 9.63. The summed E-state index contributed by atoms with van der Waals surface area (Å²) in [5, 5.41) is 18.8. The Labute approximate surface area is 205 Å². The molecule has 0 saturated carbocycles. The zero-order valence-electron chi connectivity index (χ0n) is 19.6. The van der Waals surface area contributed by atoms with Crippen molar-refractivity contribution < 1.29 is 13.6 Å². The molecular formula is C27H22F2N6O. The Bertz CT molecular complexity index is 1610. The van der Waals surface area contributed by atoms with Crippen molar-refractivity contribution >= 4 is 33.5 Å². The first kappa shape index (κ1) is 22.2. The lowest BCUT2D eigenvalue weighted by molar-refractivity contribution is -0.139. The van der Waals surface area contributed by atoms with Crippen LogP contribution in [0, 0.1) is 29.5 Å². The smallest absolute Gasteiger partial charge is 0.245 e. The SMILES string of the molecule is C=CC(=O)N1CC2(C1)CN(c1nc3c(F)cccc3c(-c3c(C)ccc4[nH]ncc34)c1C#N)CC2F. The number of para-hydroxylation sites is 1. The number of fused-ring (bicyclic) bond motifs is 2. The molecule has 1 N–H and O–H groups in total. The second-order valence-electron chi connectivity index (χ2n) is 9.63. The number of nitrogens with zero attached hydrogens (tertiary/aromatic N) is 5. The number of rotatable bonds is 3. The number of pyridine rings is 1. The molecule has 2 aliphatic heterocycles. The molecule has 1 atom stereocenters. The number of alkyl halides is 1. The molecular weight excluding hydrogens is 462 g/mol. The van der Waals surface area contributed by atoms with E-state index in [1.807, 2.05) is 19.1 Å². The molecule has 2 aliphatic rings. The third-order valence-electron chi connectivity index (χ3n) is 7.49. The van der Waals surface area contributed by atoms with Gasteiger partial charge in [0.25, 0.3) is 0 Å². The normalized spacial score (nSPS) is 18.6. The fourth-order valence-corrected chi connectivity index (χ4v) is 5.68. The number of hydrogen-bond donors (Lipinski definition) is 1. The lowest BCUT2D eigenvalue weighted by atomic mass is 9.77. The maximum absolute atomic E-state index is 15.4. The first-order valence-corrected chi connectivity index (χ1v) is 11.6. The lowest BCUT2D eigenvalue weighted by Gasteiger charge is -2.48. The molecule has 6 rings (SSSR count). The molecule has 0 aliphatic carbocycles. The molecule has 180 valence electrons. The molecule has 2 saturated heterocycles. The van der Waals surface area contributed by atoms with Crippen LogP contribution in [0.3, 0.4) is 0 Å². The van der Waals surface area contributed by atoms with Gasteiger partial charge in [-0.2, -0.15) is 10.4 Å². The fraction of sp³-hybridized carbons (Fsp3) is 0.259. The van der Waals surface area contributed by atoms with E-state index in [9.17, 15) is 10.1 Å². The van der Waals surface area contributed by atoms with E-state index in [0.29, 0.717) is 10.9 Å². The minimum atomic E-state index is -1.22. The van der Waals surface area contributed by atoms with Gasteiger partial charge in [-0.1, -0.05) is 24.8 Å².